The molecule has 0 aromatic rings. The molecule has 0 aromatic heterocycles. The van der Waals surface area contributed by atoms with E-state index in [0.29, 0.717) is 0 Å². The molecule has 3 N–H and O–H groups in total. The van der Waals surface area contributed by atoms with Crippen molar-refractivity contribution in [3.8, 4) is 0 Å². The van der Waals surface area contributed by atoms with Crippen molar-refractivity contribution < 1.29 is 13.6 Å². The molecule has 0 aliphatic carbocycles. The van der Waals surface area contributed by atoms with Gasteiger partial charge in [0.05, 0.1) is 6.54 Å². The van der Waals surface area contributed by atoms with Crippen LogP contribution in [0.15, 0.2) is 5.16 Å². The molecular weight excluding hydrogens is 232 g/mol. The SMILES string of the molecule is CCN(CC(N)=NO)S(=O)(=O)N(C)C(C)C. The van der Waals surface area contributed by atoms with Gasteiger partial charge >= 0.3 is 0 Å². The first kappa shape index (κ1) is 15.1. The van der Waals surface area contributed by atoms with Crippen LogP contribution in [-0.2, 0) is 10.2 Å². The average Bonchev–Trinajstić information content (AvgIpc) is 2.23. The van der Waals surface area contributed by atoms with E-state index in [4.69, 9.17) is 10.9 Å². The fourth-order valence-electron chi connectivity index (χ4n) is 1.02. The second-order valence-corrected chi connectivity index (χ2v) is 5.62. The molecule has 8 heteroatoms. The summed E-state index contributed by atoms with van der Waals surface area (Å²) in [5, 5.41) is 11.2. The number of nitrogens with two attached hydrogens (primary N) is 1. The Labute approximate surface area is 96.7 Å². The molecule has 7 nitrogen and oxygen atoms in total. The normalized spacial score (nSPS) is 14.1. The van der Waals surface area contributed by atoms with Crippen molar-refractivity contribution in [2.45, 2.75) is 26.8 Å². The van der Waals surface area contributed by atoms with Crippen LogP contribution in [0, 0.1) is 0 Å². The third-order valence-electron chi connectivity index (χ3n) is 2.24. The number of likely N-dealkylation sites (N-methyl/N-ethyl adjacent to an activating group) is 1. The second kappa shape index (κ2) is 6.02. The lowest BCUT2D eigenvalue weighted by atomic mass is 10.4. The van der Waals surface area contributed by atoms with Crippen LogP contribution >= 0.6 is 0 Å². The molecule has 0 radical (unpaired) electrons. The maximum Gasteiger partial charge on any atom is 0.282 e. The summed E-state index contributed by atoms with van der Waals surface area (Å²) in [4.78, 5) is 0. The van der Waals surface area contributed by atoms with E-state index in [9.17, 15) is 8.42 Å². The number of oxime groups is 1. The van der Waals surface area contributed by atoms with E-state index >= 15 is 0 Å². The summed E-state index contributed by atoms with van der Waals surface area (Å²) in [5.74, 6) is -0.136. The van der Waals surface area contributed by atoms with E-state index in [1.165, 1.54) is 11.4 Å². The summed E-state index contributed by atoms with van der Waals surface area (Å²) in [6, 6.07) is -0.147. The van der Waals surface area contributed by atoms with Crippen molar-refractivity contribution in [2.24, 2.45) is 10.9 Å². The molecule has 16 heavy (non-hydrogen) atoms. The zero-order valence-electron chi connectivity index (χ0n) is 10.1. The summed E-state index contributed by atoms with van der Waals surface area (Å²) in [7, 11) is -2.07. The van der Waals surface area contributed by atoms with E-state index in [2.05, 4.69) is 5.16 Å². The topological polar surface area (TPSA) is 99.2 Å². The van der Waals surface area contributed by atoms with E-state index in [0.717, 1.165) is 4.31 Å². The average molecular weight is 252 g/mol. The predicted octanol–water partition coefficient (Wildman–Crippen LogP) is -0.360. The van der Waals surface area contributed by atoms with Gasteiger partial charge in [-0.3, -0.25) is 0 Å². The third kappa shape index (κ3) is 3.62. The molecular formula is C8H20N4O3S. The fourth-order valence-corrected chi connectivity index (χ4v) is 2.54. The summed E-state index contributed by atoms with van der Waals surface area (Å²) in [6.07, 6.45) is 0. The predicted molar refractivity (Wildman–Crippen MR) is 62.5 cm³/mol. The highest BCUT2D eigenvalue weighted by Crippen LogP contribution is 2.09. The van der Waals surface area contributed by atoms with E-state index in [1.807, 2.05) is 0 Å². The minimum atomic E-state index is -3.56. The minimum absolute atomic E-state index is 0.119. The molecule has 0 heterocycles. The van der Waals surface area contributed by atoms with Gasteiger partial charge in [-0.1, -0.05) is 12.1 Å². The van der Waals surface area contributed by atoms with Gasteiger partial charge in [0.25, 0.3) is 10.2 Å². The van der Waals surface area contributed by atoms with Crippen molar-refractivity contribution in [3.63, 3.8) is 0 Å². The van der Waals surface area contributed by atoms with E-state index in [1.54, 1.807) is 20.8 Å². The summed E-state index contributed by atoms with van der Waals surface area (Å²) >= 11 is 0. The third-order valence-corrected chi connectivity index (χ3v) is 4.43. The van der Waals surface area contributed by atoms with Gasteiger partial charge < -0.3 is 10.9 Å². The lowest BCUT2D eigenvalue weighted by Crippen LogP contribution is -2.47. The molecule has 0 atom stereocenters. The van der Waals surface area contributed by atoms with Crippen LogP contribution in [0.3, 0.4) is 0 Å². The second-order valence-electron chi connectivity index (χ2n) is 3.64. The summed E-state index contributed by atoms with van der Waals surface area (Å²) in [5.41, 5.74) is 5.30. The van der Waals surface area contributed by atoms with Gasteiger partial charge in [0.2, 0.25) is 0 Å². The molecule has 0 aromatic carbocycles. The maximum absolute atomic E-state index is 12.0. The Morgan fingerprint density at radius 3 is 2.31 bits per heavy atom. The lowest BCUT2D eigenvalue weighted by molar-refractivity contribution is 0.312. The van der Waals surface area contributed by atoms with Gasteiger partial charge in [-0.15, -0.1) is 0 Å². The van der Waals surface area contributed by atoms with E-state index in [-0.39, 0.29) is 25.0 Å². The Kier molecular flexibility index (Phi) is 5.70. The first-order valence-corrected chi connectivity index (χ1v) is 6.36. The Morgan fingerprint density at radius 1 is 1.50 bits per heavy atom. The van der Waals surface area contributed by atoms with Crippen molar-refractivity contribution in [2.75, 3.05) is 20.1 Å². The fraction of sp³-hybridized carbons (Fsp3) is 0.875. The Balaban J connectivity index is 4.95. The van der Waals surface area contributed by atoms with Crippen LogP contribution in [-0.4, -0.2) is 54.3 Å². The maximum atomic E-state index is 12.0. The number of hydrogen-bond donors (Lipinski definition) is 2. The number of rotatable bonds is 6. The van der Waals surface area contributed by atoms with Gasteiger partial charge in [-0.05, 0) is 13.8 Å². The molecule has 0 spiro atoms. The highest BCUT2D eigenvalue weighted by Gasteiger charge is 2.28. The van der Waals surface area contributed by atoms with Crippen LogP contribution in [0.1, 0.15) is 20.8 Å². The van der Waals surface area contributed by atoms with Gasteiger partial charge in [-0.25, -0.2) is 0 Å². The molecule has 0 amide bonds. The van der Waals surface area contributed by atoms with Gasteiger partial charge in [0.15, 0.2) is 5.84 Å². The molecule has 0 rings (SSSR count). The quantitative estimate of drug-likeness (QED) is 0.292. The van der Waals surface area contributed by atoms with Crippen LogP contribution < -0.4 is 5.73 Å². The zero-order valence-corrected chi connectivity index (χ0v) is 10.9. The Bertz CT molecular complexity index is 339. The molecule has 0 aliphatic heterocycles. The van der Waals surface area contributed by atoms with Gasteiger partial charge in [-0.2, -0.15) is 17.0 Å². The standard InChI is InChI=1S/C8H20N4O3S/c1-5-12(6-8(9)10-13)16(14,15)11(4)7(2)3/h7,13H,5-6H2,1-4H3,(H2,9,10). The van der Waals surface area contributed by atoms with Crippen molar-refractivity contribution in [1.29, 1.82) is 0 Å². The molecule has 0 aliphatic rings. The number of nitrogens with zero attached hydrogens (tertiary/aromatic N) is 3. The van der Waals surface area contributed by atoms with Gasteiger partial charge in [0.1, 0.15) is 0 Å². The first-order valence-electron chi connectivity index (χ1n) is 4.96. The zero-order chi connectivity index (χ0) is 12.9. The number of hydrogen-bond acceptors (Lipinski definition) is 4. The smallest absolute Gasteiger partial charge is 0.282 e. The van der Waals surface area contributed by atoms with Crippen molar-refractivity contribution in [3.05, 3.63) is 0 Å². The minimum Gasteiger partial charge on any atom is -0.409 e. The molecule has 0 bridgehead atoms. The highest BCUT2D eigenvalue weighted by molar-refractivity contribution is 7.86. The molecule has 0 fully saturated rings. The van der Waals surface area contributed by atoms with Crippen LogP contribution in [0.5, 0.6) is 0 Å². The van der Waals surface area contributed by atoms with Crippen molar-refractivity contribution >= 4 is 16.0 Å². The molecule has 0 saturated carbocycles. The first-order chi connectivity index (χ1) is 7.27. The Morgan fingerprint density at radius 2 is 2.00 bits per heavy atom. The lowest BCUT2D eigenvalue weighted by Gasteiger charge is -2.28. The van der Waals surface area contributed by atoms with Crippen LogP contribution in [0.25, 0.3) is 0 Å². The summed E-state index contributed by atoms with van der Waals surface area (Å²) in [6.45, 7) is 5.38. The molecule has 96 valence electrons. The monoisotopic (exact) mass is 252 g/mol. The van der Waals surface area contributed by atoms with Crippen LogP contribution in [0.2, 0.25) is 0 Å². The van der Waals surface area contributed by atoms with Gasteiger partial charge in [0, 0.05) is 19.6 Å². The molecule has 0 unspecified atom stereocenters. The molecule has 0 saturated heterocycles. The van der Waals surface area contributed by atoms with Crippen molar-refractivity contribution in [1.82, 2.24) is 8.61 Å². The van der Waals surface area contributed by atoms with Crippen LogP contribution in [0.4, 0.5) is 0 Å². The Hall–Kier alpha value is -0.860. The summed E-state index contributed by atoms with van der Waals surface area (Å²) < 4.78 is 26.4. The largest absolute Gasteiger partial charge is 0.409 e. The highest BCUT2D eigenvalue weighted by atomic mass is 32.2. The van der Waals surface area contributed by atoms with E-state index < -0.39 is 10.2 Å². The number of amidine groups is 1.